The minimum absolute atomic E-state index is 1.15. The molecule has 0 saturated carbocycles. The summed E-state index contributed by atoms with van der Waals surface area (Å²) in [6, 6.07) is 10.6. The third kappa shape index (κ3) is 3.21. The highest BCUT2D eigenvalue weighted by Gasteiger charge is 1.97. The topological polar surface area (TPSA) is 0 Å². The molecule has 0 aliphatic carbocycles. The summed E-state index contributed by atoms with van der Waals surface area (Å²) in [6.45, 7) is 4.26. The molecule has 0 heteroatoms. The average Bonchev–Trinajstić information content (AvgIpc) is 2.25. The van der Waals surface area contributed by atoms with E-state index in [4.69, 9.17) is 0 Å². The summed E-state index contributed by atoms with van der Waals surface area (Å²) in [4.78, 5) is 0. The first-order valence-electron chi connectivity index (χ1n) is 5.25. The molecule has 1 rings (SSSR count). The van der Waals surface area contributed by atoms with E-state index in [1.54, 1.807) is 0 Å². The summed E-state index contributed by atoms with van der Waals surface area (Å²) in [5.74, 6) is 0. The molecule has 74 valence electrons. The second-order valence-corrected chi connectivity index (χ2v) is 3.33. The van der Waals surface area contributed by atoms with Gasteiger partial charge in [0.15, 0.2) is 0 Å². The van der Waals surface area contributed by atoms with Gasteiger partial charge in [-0.1, -0.05) is 61.9 Å². The molecule has 0 aliphatic rings. The molecule has 0 saturated heterocycles. The van der Waals surface area contributed by atoms with Crippen molar-refractivity contribution in [3.63, 3.8) is 0 Å². The van der Waals surface area contributed by atoms with Gasteiger partial charge in [0.1, 0.15) is 0 Å². The third-order valence-corrected chi connectivity index (χ3v) is 2.15. The van der Waals surface area contributed by atoms with E-state index in [2.05, 4.69) is 55.5 Å². The maximum absolute atomic E-state index is 2.21. The number of hydrogen-bond donors (Lipinski definition) is 0. The minimum atomic E-state index is 1.15. The van der Waals surface area contributed by atoms with Gasteiger partial charge in [-0.15, -0.1) is 0 Å². The molecule has 1 aromatic carbocycles. The van der Waals surface area contributed by atoms with Crippen molar-refractivity contribution in [3.05, 3.63) is 54.1 Å². The lowest BCUT2D eigenvalue weighted by Gasteiger charge is -2.04. The lowest BCUT2D eigenvalue weighted by molar-refractivity contribution is 0.973. The highest BCUT2D eigenvalue weighted by atomic mass is 14.0. The fraction of sp³-hybridized carbons (Fsp3) is 0.286. The van der Waals surface area contributed by atoms with Gasteiger partial charge in [-0.25, -0.2) is 0 Å². The second-order valence-electron chi connectivity index (χ2n) is 3.33. The Bertz CT molecular complexity index is 304. The van der Waals surface area contributed by atoms with Crippen LogP contribution in [0.3, 0.4) is 0 Å². The molecule has 0 nitrogen and oxygen atoms in total. The monoisotopic (exact) mass is 186 g/mol. The lowest BCUT2D eigenvalue weighted by atomic mass is 10.0. The Morgan fingerprint density at radius 3 is 2.50 bits per heavy atom. The largest absolute Gasteiger partial charge is 0.0877 e. The average molecular weight is 186 g/mol. The standard InChI is InChI=1S/C14H18/c1-3-5-10-13(9-4-2)14-11-7-6-8-12-14/h3,5-8,10-12H,4,9H2,1-2H3. The first-order chi connectivity index (χ1) is 6.88. The van der Waals surface area contributed by atoms with Crippen LogP contribution in [0.1, 0.15) is 32.3 Å². The summed E-state index contributed by atoms with van der Waals surface area (Å²) in [6.07, 6.45) is 8.72. The fourth-order valence-corrected chi connectivity index (χ4v) is 1.46. The molecule has 0 bridgehead atoms. The Kier molecular flexibility index (Phi) is 4.77. The maximum atomic E-state index is 2.21. The molecule has 0 amide bonds. The van der Waals surface area contributed by atoms with Crippen molar-refractivity contribution >= 4 is 5.57 Å². The van der Waals surface area contributed by atoms with Crippen LogP contribution in [0.5, 0.6) is 0 Å². The van der Waals surface area contributed by atoms with Crippen LogP contribution >= 0.6 is 0 Å². The van der Waals surface area contributed by atoms with Crippen molar-refractivity contribution in [2.24, 2.45) is 0 Å². The van der Waals surface area contributed by atoms with Gasteiger partial charge in [0.25, 0.3) is 0 Å². The van der Waals surface area contributed by atoms with Crippen LogP contribution in [-0.2, 0) is 0 Å². The van der Waals surface area contributed by atoms with Gasteiger partial charge in [-0.3, -0.25) is 0 Å². The van der Waals surface area contributed by atoms with Gasteiger partial charge in [-0.2, -0.15) is 0 Å². The first kappa shape index (κ1) is 10.8. The van der Waals surface area contributed by atoms with E-state index in [1.807, 2.05) is 6.92 Å². The number of allylic oxidation sites excluding steroid dienone is 4. The predicted molar refractivity (Wildman–Crippen MR) is 64.1 cm³/mol. The summed E-state index contributed by atoms with van der Waals surface area (Å²) >= 11 is 0. The third-order valence-electron chi connectivity index (χ3n) is 2.15. The van der Waals surface area contributed by atoms with E-state index in [-0.39, 0.29) is 0 Å². The van der Waals surface area contributed by atoms with Crippen molar-refractivity contribution in [1.29, 1.82) is 0 Å². The second kappa shape index (κ2) is 6.20. The molecule has 0 atom stereocenters. The molecular weight excluding hydrogens is 168 g/mol. The Morgan fingerprint density at radius 2 is 1.93 bits per heavy atom. The number of benzene rings is 1. The molecule has 0 radical (unpaired) electrons. The summed E-state index contributed by atoms with van der Waals surface area (Å²) < 4.78 is 0. The van der Waals surface area contributed by atoms with Crippen LogP contribution in [0.25, 0.3) is 5.57 Å². The summed E-state index contributed by atoms with van der Waals surface area (Å²) in [5, 5.41) is 0. The van der Waals surface area contributed by atoms with Crippen molar-refractivity contribution in [3.8, 4) is 0 Å². The van der Waals surface area contributed by atoms with Gasteiger partial charge >= 0.3 is 0 Å². The number of rotatable bonds is 4. The maximum Gasteiger partial charge on any atom is -0.0225 e. The molecule has 0 spiro atoms. The highest BCUT2D eigenvalue weighted by molar-refractivity contribution is 5.66. The lowest BCUT2D eigenvalue weighted by Crippen LogP contribution is -1.82. The van der Waals surface area contributed by atoms with Crippen molar-refractivity contribution in [1.82, 2.24) is 0 Å². The molecule has 1 aromatic rings. The Labute approximate surface area is 87.0 Å². The normalized spacial score (nSPS) is 12.3. The summed E-state index contributed by atoms with van der Waals surface area (Å²) in [7, 11) is 0. The van der Waals surface area contributed by atoms with Crippen LogP contribution < -0.4 is 0 Å². The molecule has 0 unspecified atom stereocenters. The van der Waals surface area contributed by atoms with Gasteiger partial charge in [0.05, 0.1) is 0 Å². The zero-order chi connectivity index (χ0) is 10.2. The van der Waals surface area contributed by atoms with Crippen LogP contribution in [0.15, 0.2) is 48.6 Å². The van der Waals surface area contributed by atoms with E-state index < -0.39 is 0 Å². The van der Waals surface area contributed by atoms with Crippen molar-refractivity contribution in [2.45, 2.75) is 26.7 Å². The first-order valence-corrected chi connectivity index (χ1v) is 5.25. The van der Waals surface area contributed by atoms with Gasteiger partial charge in [0, 0.05) is 0 Å². The number of hydrogen-bond acceptors (Lipinski definition) is 0. The van der Waals surface area contributed by atoms with Crippen LogP contribution in [0.2, 0.25) is 0 Å². The SMILES string of the molecule is CC=CC=C(CCC)c1ccccc1. The molecule has 0 aliphatic heterocycles. The molecule has 0 aromatic heterocycles. The Hall–Kier alpha value is -1.30. The highest BCUT2D eigenvalue weighted by Crippen LogP contribution is 2.19. The Morgan fingerprint density at radius 1 is 1.21 bits per heavy atom. The summed E-state index contributed by atoms with van der Waals surface area (Å²) in [5.41, 5.74) is 2.76. The molecule has 0 heterocycles. The zero-order valence-corrected chi connectivity index (χ0v) is 9.03. The molecule has 0 N–H and O–H groups in total. The van der Waals surface area contributed by atoms with Crippen LogP contribution in [0, 0.1) is 0 Å². The zero-order valence-electron chi connectivity index (χ0n) is 9.03. The van der Waals surface area contributed by atoms with E-state index in [0.717, 1.165) is 6.42 Å². The van der Waals surface area contributed by atoms with Crippen molar-refractivity contribution in [2.75, 3.05) is 0 Å². The van der Waals surface area contributed by atoms with Crippen molar-refractivity contribution < 1.29 is 0 Å². The molecule has 0 fully saturated rings. The van der Waals surface area contributed by atoms with Gasteiger partial charge in [0.2, 0.25) is 0 Å². The van der Waals surface area contributed by atoms with Crippen LogP contribution in [-0.4, -0.2) is 0 Å². The molecular formula is C14H18. The quantitative estimate of drug-likeness (QED) is 0.609. The molecule has 14 heavy (non-hydrogen) atoms. The smallest absolute Gasteiger partial charge is 0.0225 e. The van der Waals surface area contributed by atoms with E-state index >= 15 is 0 Å². The van der Waals surface area contributed by atoms with Crippen LogP contribution in [0.4, 0.5) is 0 Å². The van der Waals surface area contributed by atoms with E-state index in [0.29, 0.717) is 0 Å². The fourth-order valence-electron chi connectivity index (χ4n) is 1.46. The van der Waals surface area contributed by atoms with Gasteiger partial charge < -0.3 is 0 Å². The van der Waals surface area contributed by atoms with E-state index in [1.165, 1.54) is 17.6 Å². The minimum Gasteiger partial charge on any atom is -0.0877 e. The van der Waals surface area contributed by atoms with E-state index in [9.17, 15) is 0 Å². The van der Waals surface area contributed by atoms with Gasteiger partial charge in [-0.05, 0) is 24.5 Å². The predicted octanol–water partition coefficient (Wildman–Crippen LogP) is 4.45. The Balaban J connectivity index is 2.88.